The lowest BCUT2D eigenvalue weighted by Gasteiger charge is -2.03. The number of rotatable bonds is 2. The van der Waals surface area contributed by atoms with Crippen LogP contribution < -0.4 is 5.73 Å². The highest BCUT2D eigenvalue weighted by Gasteiger charge is 2.12. The van der Waals surface area contributed by atoms with Crippen LogP contribution in [-0.4, -0.2) is 4.98 Å². The van der Waals surface area contributed by atoms with Gasteiger partial charge in [0.05, 0.1) is 9.83 Å². The molecule has 2 heterocycles. The summed E-state index contributed by atoms with van der Waals surface area (Å²) in [5.74, 6) is 0. The fraction of sp³-hybridized carbons (Fsp3) is 0.125. The lowest BCUT2D eigenvalue weighted by Crippen LogP contribution is -2.09. The Kier molecular flexibility index (Phi) is 2.78. The molecule has 0 fully saturated rings. The van der Waals surface area contributed by atoms with Gasteiger partial charge in [0.2, 0.25) is 0 Å². The van der Waals surface area contributed by atoms with Crippen LogP contribution in [0.2, 0.25) is 0 Å². The average molecular weight is 275 g/mol. The fourth-order valence-corrected chi connectivity index (χ4v) is 3.17. The van der Waals surface area contributed by atoms with E-state index in [1.54, 1.807) is 28.9 Å². The van der Waals surface area contributed by atoms with Gasteiger partial charge < -0.3 is 5.73 Å². The van der Waals surface area contributed by atoms with E-state index in [1.165, 1.54) is 0 Å². The molecule has 2 aromatic heterocycles. The Balaban J connectivity index is 2.28. The number of nitrogens with zero attached hydrogens (tertiary/aromatic N) is 1. The van der Waals surface area contributed by atoms with Crippen molar-refractivity contribution in [1.29, 1.82) is 0 Å². The zero-order valence-corrected chi connectivity index (χ0v) is 9.82. The Morgan fingerprint density at radius 1 is 1.46 bits per heavy atom. The fourth-order valence-electron chi connectivity index (χ4n) is 1.01. The molecule has 0 saturated carbocycles. The van der Waals surface area contributed by atoms with Crippen molar-refractivity contribution in [2.45, 2.75) is 6.04 Å². The van der Waals surface area contributed by atoms with E-state index >= 15 is 0 Å². The topological polar surface area (TPSA) is 38.9 Å². The summed E-state index contributed by atoms with van der Waals surface area (Å²) in [6.45, 7) is 0. The molecule has 0 bridgehead atoms. The first-order valence-corrected chi connectivity index (χ1v) is 6.16. The van der Waals surface area contributed by atoms with Crippen LogP contribution in [0.25, 0.3) is 0 Å². The first-order chi connectivity index (χ1) is 6.27. The number of nitrogens with two attached hydrogens (primary N) is 1. The Bertz CT molecular complexity index is 383. The molecule has 0 aliphatic rings. The van der Waals surface area contributed by atoms with Crippen LogP contribution in [-0.2, 0) is 0 Å². The largest absolute Gasteiger partial charge is 0.318 e. The maximum Gasteiger partial charge on any atom is 0.115 e. The quantitative estimate of drug-likeness (QED) is 0.915. The molecule has 0 aromatic carbocycles. The summed E-state index contributed by atoms with van der Waals surface area (Å²) < 4.78 is 1.11. The maximum absolute atomic E-state index is 6.01. The Hall–Kier alpha value is -0.230. The van der Waals surface area contributed by atoms with E-state index < -0.39 is 0 Å². The zero-order valence-electron chi connectivity index (χ0n) is 6.61. The minimum absolute atomic E-state index is 0.0729. The van der Waals surface area contributed by atoms with Gasteiger partial charge in [-0.2, -0.15) is 0 Å². The maximum atomic E-state index is 6.01. The van der Waals surface area contributed by atoms with Crippen LogP contribution in [0.1, 0.15) is 15.9 Å². The van der Waals surface area contributed by atoms with Crippen molar-refractivity contribution in [3.63, 3.8) is 0 Å². The number of halogens is 1. The minimum atomic E-state index is -0.0729. The zero-order chi connectivity index (χ0) is 9.26. The number of hydrogen-bond acceptors (Lipinski definition) is 4. The smallest absolute Gasteiger partial charge is 0.115 e. The van der Waals surface area contributed by atoms with E-state index in [4.69, 9.17) is 5.73 Å². The predicted molar refractivity (Wildman–Crippen MR) is 60.2 cm³/mol. The molecule has 1 unspecified atom stereocenters. The van der Waals surface area contributed by atoms with Crippen molar-refractivity contribution in [2.24, 2.45) is 5.73 Å². The molecular formula is C8H7BrN2S2. The van der Waals surface area contributed by atoms with Gasteiger partial charge in [-0.3, -0.25) is 0 Å². The van der Waals surface area contributed by atoms with Gasteiger partial charge in [0.1, 0.15) is 5.01 Å². The van der Waals surface area contributed by atoms with Crippen molar-refractivity contribution in [1.82, 2.24) is 4.98 Å². The summed E-state index contributed by atoms with van der Waals surface area (Å²) in [4.78, 5) is 5.33. The molecule has 0 aliphatic carbocycles. The van der Waals surface area contributed by atoms with E-state index in [-0.39, 0.29) is 6.04 Å². The lowest BCUT2D eigenvalue weighted by atomic mass is 10.3. The molecule has 13 heavy (non-hydrogen) atoms. The van der Waals surface area contributed by atoms with Crippen molar-refractivity contribution < 1.29 is 0 Å². The van der Waals surface area contributed by atoms with E-state index in [1.807, 2.05) is 17.5 Å². The monoisotopic (exact) mass is 274 g/mol. The van der Waals surface area contributed by atoms with Crippen LogP contribution in [0.3, 0.4) is 0 Å². The lowest BCUT2D eigenvalue weighted by molar-refractivity contribution is 0.878. The van der Waals surface area contributed by atoms with Crippen molar-refractivity contribution >= 4 is 38.6 Å². The van der Waals surface area contributed by atoms with Crippen LogP contribution in [0.5, 0.6) is 0 Å². The average Bonchev–Trinajstić information content (AvgIpc) is 2.72. The van der Waals surface area contributed by atoms with E-state index in [2.05, 4.69) is 20.9 Å². The van der Waals surface area contributed by atoms with Crippen LogP contribution in [0.15, 0.2) is 27.5 Å². The predicted octanol–water partition coefficient (Wildman–Crippen LogP) is 3.02. The van der Waals surface area contributed by atoms with Gasteiger partial charge in [-0.1, -0.05) is 0 Å². The molecule has 2 rings (SSSR count). The van der Waals surface area contributed by atoms with Gasteiger partial charge in [0.25, 0.3) is 0 Å². The molecule has 0 saturated heterocycles. The number of hydrogen-bond donors (Lipinski definition) is 1. The SMILES string of the molecule is NC(c1ccc(Br)s1)c1nccs1. The summed E-state index contributed by atoms with van der Waals surface area (Å²) in [6.07, 6.45) is 1.78. The third-order valence-electron chi connectivity index (χ3n) is 1.62. The van der Waals surface area contributed by atoms with Gasteiger partial charge in [0.15, 0.2) is 0 Å². The van der Waals surface area contributed by atoms with E-state index in [0.717, 1.165) is 13.7 Å². The van der Waals surface area contributed by atoms with Gasteiger partial charge >= 0.3 is 0 Å². The Morgan fingerprint density at radius 3 is 2.85 bits per heavy atom. The normalized spacial score (nSPS) is 13.1. The molecule has 0 spiro atoms. The van der Waals surface area contributed by atoms with E-state index in [9.17, 15) is 0 Å². The molecule has 2 N–H and O–H groups in total. The minimum Gasteiger partial charge on any atom is -0.318 e. The molecule has 0 radical (unpaired) electrons. The highest BCUT2D eigenvalue weighted by atomic mass is 79.9. The summed E-state index contributed by atoms with van der Waals surface area (Å²) in [5, 5.41) is 2.91. The number of aromatic nitrogens is 1. The summed E-state index contributed by atoms with van der Waals surface area (Å²) in [5.41, 5.74) is 6.01. The standard InChI is InChI=1S/C8H7BrN2S2/c9-6-2-1-5(13-6)7(10)8-11-3-4-12-8/h1-4,7H,10H2. The Morgan fingerprint density at radius 2 is 2.31 bits per heavy atom. The number of thiophene rings is 1. The first kappa shape index (κ1) is 9.33. The third-order valence-corrected chi connectivity index (χ3v) is 4.18. The Labute approximate surface area is 92.6 Å². The van der Waals surface area contributed by atoms with Crippen molar-refractivity contribution in [2.75, 3.05) is 0 Å². The molecule has 2 nitrogen and oxygen atoms in total. The molecule has 2 aromatic rings. The van der Waals surface area contributed by atoms with Crippen LogP contribution in [0.4, 0.5) is 0 Å². The number of thiazole rings is 1. The van der Waals surface area contributed by atoms with Crippen molar-refractivity contribution in [3.05, 3.63) is 37.4 Å². The highest BCUT2D eigenvalue weighted by molar-refractivity contribution is 9.11. The van der Waals surface area contributed by atoms with Gasteiger partial charge in [-0.25, -0.2) is 4.98 Å². The van der Waals surface area contributed by atoms with Crippen LogP contribution in [0, 0.1) is 0 Å². The molecule has 0 amide bonds. The molecule has 1 atom stereocenters. The second kappa shape index (κ2) is 3.88. The summed E-state index contributed by atoms with van der Waals surface area (Å²) in [7, 11) is 0. The first-order valence-electron chi connectivity index (χ1n) is 3.67. The van der Waals surface area contributed by atoms with Crippen LogP contribution >= 0.6 is 38.6 Å². The van der Waals surface area contributed by atoms with Gasteiger partial charge in [-0.15, -0.1) is 22.7 Å². The second-order valence-electron chi connectivity index (χ2n) is 2.49. The summed E-state index contributed by atoms with van der Waals surface area (Å²) in [6, 6.07) is 3.96. The molecule has 0 aliphatic heterocycles. The highest BCUT2D eigenvalue weighted by Crippen LogP contribution is 2.30. The second-order valence-corrected chi connectivity index (χ2v) is 5.91. The molecule has 68 valence electrons. The van der Waals surface area contributed by atoms with E-state index in [0.29, 0.717) is 0 Å². The summed E-state index contributed by atoms with van der Waals surface area (Å²) >= 11 is 6.65. The third kappa shape index (κ3) is 1.99. The van der Waals surface area contributed by atoms with Gasteiger partial charge in [0, 0.05) is 16.5 Å². The molecule has 5 heteroatoms. The van der Waals surface area contributed by atoms with Gasteiger partial charge in [-0.05, 0) is 28.1 Å². The molecular weight excluding hydrogens is 268 g/mol. The van der Waals surface area contributed by atoms with Crippen molar-refractivity contribution in [3.8, 4) is 0 Å².